The van der Waals surface area contributed by atoms with E-state index in [1.54, 1.807) is 24.3 Å². The van der Waals surface area contributed by atoms with Crippen LogP contribution in [0.15, 0.2) is 51.7 Å². The van der Waals surface area contributed by atoms with Gasteiger partial charge in [-0.15, -0.1) is 0 Å². The average molecular weight is 364 g/mol. The molecule has 0 bridgehead atoms. The quantitative estimate of drug-likeness (QED) is 0.751. The van der Waals surface area contributed by atoms with Gasteiger partial charge in [0, 0.05) is 10.2 Å². The number of hydrogen-bond donors (Lipinski definition) is 2. The molecule has 2 aromatic carbocycles. The Hall–Kier alpha value is -2.41. The number of anilines is 1. The van der Waals surface area contributed by atoms with Crippen LogP contribution in [0.4, 0.5) is 10.1 Å². The Labute approximate surface area is 132 Å². The van der Waals surface area contributed by atoms with E-state index >= 15 is 0 Å². The summed E-state index contributed by atoms with van der Waals surface area (Å²) in [6.45, 7) is -0.152. The van der Waals surface area contributed by atoms with Crippen molar-refractivity contribution in [2.75, 3.05) is 5.32 Å². The molecule has 1 aromatic heterocycles. The highest BCUT2D eigenvalue weighted by Gasteiger charge is 2.11. The molecule has 0 atom stereocenters. The van der Waals surface area contributed by atoms with Gasteiger partial charge in [-0.3, -0.25) is 9.36 Å². The van der Waals surface area contributed by atoms with Crippen molar-refractivity contribution >= 4 is 38.6 Å². The fourth-order valence-corrected chi connectivity index (χ4v) is 2.43. The zero-order chi connectivity index (χ0) is 15.7. The van der Waals surface area contributed by atoms with E-state index in [4.69, 9.17) is 0 Å². The molecular formula is C15H11BrFN3O2. The molecule has 112 valence electrons. The number of carbonyl (C=O) groups is 1. The summed E-state index contributed by atoms with van der Waals surface area (Å²) in [6.07, 6.45) is 0. The Kier molecular flexibility index (Phi) is 3.81. The van der Waals surface area contributed by atoms with Crippen molar-refractivity contribution in [1.82, 2.24) is 9.55 Å². The van der Waals surface area contributed by atoms with Crippen LogP contribution in [0.3, 0.4) is 0 Å². The molecule has 0 saturated carbocycles. The molecule has 0 unspecified atom stereocenters. The minimum Gasteiger partial charge on any atom is -0.325 e. The average Bonchev–Trinajstić information content (AvgIpc) is 2.77. The van der Waals surface area contributed by atoms with E-state index in [1.807, 2.05) is 0 Å². The van der Waals surface area contributed by atoms with Crippen molar-refractivity contribution in [3.05, 3.63) is 63.2 Å². The highest BCUT2D eigenvalue weighted by atomic mass is 79.9. The second kappa shape index (κ2) is 5.76. The molecule has 0 aliphatic heterocycles. The molecule has 0 fully saturated rings. The van der Waals surface area contributed by atoms with Crippen molar-refractivity contribution in [1.29, 1.82) is 0 Å². The van der Waals surface area contributed by atoms with Gasteiger partial charge in [-0.2, -0.15) is 0 Å². The van der Waals surface area contributed by atoms with Crippen LogP contribution in [-0.2, 0) is 11.3 Å². The number of H-pyrrole nitrogens is 1. The molecule has 5 nitrogen and oxygen atoms in total. The Balaban J connectivity index is 1.83. The van der Waals surface area contributed by atoms with Crippen molar-refractivity contribution in [2.24, 2.45) is 0 Å². The van der Waals surface area contributed by atoms with Crippen LogP contribution < -0.4 is 11.0 Å². The van der Waals surface area contributed by atoms with E-state index < -0.39 is 11.5 Å². The monoisotopic (exact) mass is 363 g/mol. The molecular weight excluding hydrogens is 353 g/mol. The van der Waals surface area contributed by atoms with E-state index in [0.717, 1.165) is 4.47 Å². The SMILES string of the molecule is O=C(Cn1c(=O)[nH]c2cc(F)ccc21)Nc1ccc(Br)cc1. The van der Waals surface area contributed by atoms with Gasteiger partial charge in [0.2, 0.25) is 5.91 Å². The van der Waals surface area contributed by atoms with Gasteiger partial charge >= 0.3 is 5.69 Å². The molecule has 0 aliphatic rings. The maximum atomic E-state index is 13.1. The molecule has 7 heteroatoms. The molecule has 0 saturated heterocycles. The van der Waals surface area contributed by atoms with Gasteiger partial charge < -0.3 is 10.3 Å². The van der Waals surface area contributed by atoms with E-state index in [1.165, 1.54) is 22.8 Å². The fraction of sp³-hybridized carbons (Fsp3) is 0.0667. The number of nitrogens with zero attached hydrogens (tertiary/aromatic N) is 1. The topological polar surface area (TPSA) is 66.9 Å². The molecule has 0 aliphatic carbocycles. The molecule has 3 rings (SSSR count). The smallest absolute Gasteiger partial charge is 0.325 e. The van der Waals surface area contributed by atoms with Gasteiger partial charge in [-0.05, 0) is 42.5 Å². The van der Waals surface area contributed by atoms with E-state index in [0.29, 0.717) is 16.7 Å². The van der Waals surface area contributed by atoms with Gasteiger partial charge in [-0.1, -0.05) is 15.9 Å². The van der Waals surface area contributed by atoms with Gasteiger partial charge in [0.15, 0.2) is 0 Å². The highest BCUT2D eigenvalue weighted by molar-refractivity contribution is 9.10. The largest absolute Gasteiger partial charge is 0.326 e. The molecule has 2 N–H and O–H groups in total. The van der Waals surface area contributed by atoms with Gasteiger partial charge in [0.05, 0.1) is 11.0 Å². The first-order chi connectivity index (χ1) is 10.5. The second-order valence-electron chi connectivity index (χ2n) is 4.73. The summed E-state index contributed by atoms with van der Waals surface area (Å²) in [7, 11) is 0. The van der Waals surface area contributed by atoms with E-state index in [2.05, 4.69) is 26.2 Å². The molecule has 0 radical (unpaired) electrons. The number of rotatable bonds is 3. The van der Waals surface area contributed by atoms with Crippen LogP contribution in [0, 0.1) is 5.82 Å². The van der Waals surface area contributed by atoms with Gasteiger partial charge in [0.1, 0.15) is 12.4 Å². The molecule has 22 heavy (non-hydrogen) atoms. The van der Waals surface area contributed by atoms with Crippen LogP contribution >= 0.6 is 15.9 Å². The number of amides is 1. The predicted octanol–water partition coefficient (Wildman–Crippen LogP) is 2.87. The van der Waals surface area contributed by atoms with Gasteiger partial charge in [-0.25, -0.2) is 9.18 Å². The number of aromatic amines is 1. The Morgan fingerprint density at radius 1 is 1.23 bits per heavy atom. The highest BCUT2D eigenvalue weighted by Crippen LogP contribution is 2.15. The Bertz CT molecular complexity index is 899. The lowest BCUT2D eigenvalue weighted by atomic mass is 10.3. The molecule has 0 spiro atoms. The summed E-state index contributed by atoms with van der Waals surface area (Å²) in [5, 5.41) is 2.70. The first kappa shape index (κ1) is 14.5. The van der Waals surface area contributed by atoms with Gasteiger partial charge in [0.25, 0.3) is 0 Å². The number of aromatic nitrogens is 2. The summed E-state index contributed by atoms with van der Waals surface area (Å²) in [5.41, 5.74) is 1.03. The van der Waals surface area contributed by atoms with Crippen molar-refractivity contribution in [3.63, 3.8) is 0 Å². The van der Waals surface area contributed by atoms with Crippen LogP contribution in [-0.4, -0.2) is 15.5 Å². The zero-order valence-electron chi connectivity index (χ0n) is 11.3. The summed E-state index contributed by atoms with van der Waals surface area (Å²) in [6, 6.07) is 11.0. The van der Waals surface area contributed by atoms with Crippen molar-refractivity contribution < 1.29 is 9.18 Å². The first-order valence-corrected chi connectivity index (χ1v) is 7.26. The Morgan fingerprint density at radius 2 is 1.95 bits per heavy atom. The van der Waals surface area contributed by atoms with Crippen LogP contribution in [0.25, 0.3) is 11.0 Å². The third-order valence-electron chi connectivity index (χ3n) is 3.17. The van der Waals surface area contributed by atoms with Crippen LogP contribution in [0.1, 0.15) is 0 Å². The van der Waals surface area contributed by atoms with Crippen molar-refractivity contribution in [3.8, 4) is 0 Å². The third kappa shape index (κ3) is 2.94. The molecule has 3 aromatic rings. The summed E-state index contributed by atoms with van der Waals surface area (Å²) < 4.78 is 15.3. The maximum absolute atomic E-state index is 13.1. The number of halogens is 2. The summed E-state index contributed by atoms with van der Waals surface area (Å²) in [4.78, 5) is 26.5. The number of carbonyl (C=O) groups excluding carboxylic acids is 1. The third-order valence-corrected chi connectivity index (χ3v) is 3.69. The lowest BCUT2D eigenvalue weighted by Gasteiger charge is -2.06. The number of fused-ring (bicyclic) bond motifs is 1. The van der Waals surface area contributed by atoms with Crippen LogP contribution in [0.5, 0.6) is 0 Å². The lowest BCUT2D eigenvalue weighted by Crippen LogP contribution is -2.25. The first-order valence-electron chi connectivity index (χ1n) is 6.46. The standard InChI is InChI=1S/C15H11BrFN3O2/c16-9-1-4-11(5-2-9)18-14(21)8-20-13-6-3-10(17)7-12(13)19-15(20)22/h1-7H,8H2,(H,18,21)(H,19,22). The summed E-state index contributed by atoms with van der Waals surface area (Å²) >= 11 is 3.31. The Morgan fingerprint density at radius 3 is 2.68 bits per heavy atom. The minimum atomic E-state index is -0.452. The van der Waals surface area contributed by atoms with Crippen LogP contribution in [0.2, 0.25) is 0 Å². The normalized spacial score (nSPS) is 10.8. The lowest BCUT2D eigenvalue weighted by molar-refractivity contribution is -0.116. The van der Waals surface area contributed by atoms with Crippen molar-refractivity contribution in [2.45, 2.75) is 6.54 Å². The maximum Gasteiger partial charge on any atom is 0.326 e. The minimum absolute atomic E-state index is 0.152. The summed E-state index contributed by atoms with van der Waals surface area (Å²) in [5.74, 6) is -0.783. The second-order valence-corrected chi connectivity index (χ2v) is 5.65. The number of imidazole rings is 1. The van der Waals surface area contributed by atoms with E-state index in [-0.39, 0.29) is 12.5 Å². The fourth-order valence-electron chi connectivity index (χ4n) is 2.17. The number of hydrogen-bond acceptors (Lipinski definition) is 2. The number of nitrogens with one attached hydrogen (secondary N) is 2. The zero-order valence-corrected chi connectivity index (χ0v) is 12.9. The number of benzene rings is 2. The van der Waals surface area contributed by atoms with E-state index in [9.17, 15) is 14.0 Å². The predicted molar refractivity (Wildman–Crippen MR) is 85.3 cm³/mol. The molecule has 1 amide bonds. The molecule has 1 heterocycles.